The molecular formula is C23H31NO2. The average molecular weight is 354 g/mol. The number of hydrogen-bond acceptors (Lipinski definition) is 3. The molecule has 2 atom stereocenters. The molecule has 2 N–H and O–H groups in total. The van der Waals surface area contributed by atoms with E-state index in [4.69, 9.17) is 0 Å². The lowest BCUT2D eigenvalue weighted by Gasteiger charge is -2.51. The Morgan fingerprint density at radius 2 is 1.62 bits per heavy atom. The number of hydrogen-bond donors (Lipinski definition) is 2. The Morgan fingerprint density at radius 1 is 0.962 bits per heavy atom. The summed E-state index contributed by atoms with van der Waals surface area (Å²) in [6.07, 6.45) is 3.88. The van der Waals surface area contributed by atoms with Crippen molar-refractivity contribution in [2.75, 3.05) is 19.6 Å². The predicted octanol–water partition coefficient (Wildman–Crippen LogP) is 3.59. The van der Waals surface area contributed by atoms with Crippen LogP contribution < -0.4 is 0 Å². The standard InChI is InChI=1S/C23H29NO2.H2/c25-17-20-7-5-4-6-18(20)10-13-23(26,21-8-2-1-3-9-21)22-16-24-14-11-19(22)12-15-24;/h1-9,19,22,25-26H,10-17H2;1H. The molecule has 2 bridgehead atoms. The van der Waals surface area contributed by atoms with E-state index >= 15 is 0 Å². The summed E-state index contributed by atoms with van der Waals surface area (Å²) in [6.45, 7) is 3.41. The van der Waals surface area contributed by atoms with Gasteiger partial charge in [-0.2, -0.15) is 0 Å². The smallest absolute Gasteiger partial charge is 0.0942 e. The third-order valence-electron chi connectivity index (χ3n) is 6.61. The second kappa shape index (κ2) is 7.51. The Balaban J connectivity index is 0.00000210. The number of aryl methyl sites for hydroxylation is 1. The van der Waals surface area contributed by atoms with Crippen LogP contribution >= 0.6 is 0 Å². The van der Waals surface area contributed by atoms with Crippen molar-refractivity contribution < 1.29 is 11.6 Å². The Labute approximate surface area is 157 Å². The predicted molar refractivity (Wildman–Crippen MR) is 106 cm³/mol. The minimum atomic E-state index is -0.812. The fourth-order valence-electron chi connectivity index (χ4n) is 5.06. The molecule has 3 nitrogen and oxygen atoms in total. The number of nitrogens with zero attached hydrogens (tertiary/aromatic N) is 1. The van der Waals surface area contributed by atoms with Crippen LogP contribution in [0.15, 0.2) is 54.6 Å². The number of benzene rings is 2. The summed E-state index contributed by atoms with van der Waals surface area (Å²) >= 11 is 0. The molecule has 0 aliphatic carbocycles. The third kappa shape index (κ3) is 3.32. The summed E-state index contributed by atoms with van der Waals surface area (Å²) in [5.41, 5.74) is 2.34. The van der Waals surface area contributed by atoms with Crippen molar-refractivity contribution in [1.29, 1.82) is 0 Å². The van der Waals surface area contributed by atoms with Crippen molar-refractivity contribution in [1.82, 2.24) is 4.90 Å². The number of rotatable bonds is 6. The van der Waals surface area contributed by atoms with Crippen LogP contribution in [0.3, 0.4) is 0 Å². The van der Waals surface area contributed by atoms with Gasteiger partial charge in [0.1, 0.15) is 0 Å². The molecule has 0 saturated carbocycles. The Bertz CT molecular complexity index is 730. The molecule has 0 radical (unpaired) electrons. The Morgan fingerprint density at radius 3 is 2.23 bits per heavy atom. The van der Waals surface area contributed by atoms with Crippen molar-refractivity contribution in [3.05, 3.63) is 71.3 Å². The van der Waals surface area contributed by atoms with Crippen LogP contribution in [-0.4, -0.2) is 34.7 Å². The third-order valence-corrected chi connectivity index (χ3v) is 6.61. The quantitative estimate of drug-likeness (QED) is 0.834. The molecule has 3 heterocycles. The maximum Gasteiger partial charge on any atom is 0.0942 e. The van der Waals surface area contributed by atoms with E-state index in [0.717, 1.165) is 29.7 Å². The first-order chi connectivity index (χ1) is 12.7. The van der Waals surface area contributed by atoms with Gasteiger partial charge >= 0.3 is 0 Å². The molecule has 0 aromatic heterocycles. The highest BCUT2D eigenvalue weighted by atomic mass is 16.3. The van der Waals surface area contributed by atoms with E-state index in [2.05, 4.69) is 23.1 Å². The minimum Gasteiger partial charge on any atom is -0.392 e. The summed E-state index contributed by atoms with van der Waals surface area (Å²) in [6, 6.07) is 18.3. The van der Waals surface area contributed by atoms with Gasteiger partial charge in [-0.05, 0) is 61.4 Å². The lowest BCUT2D eigenvalue weighted by Crippen LogP contribution is -2.55. The van der Waals surface area contributed by atoms with Crippen LogP contribution in [0, 0.1) is 11.8 Å². The summed E-state index contributed by atoms with van der Waals surface area (Å²) in [7, 11) is 0. The number of fused-ring (bicyclic) bond motifs is 3. The highest BCUT2D eigenvalue weighted by Crippen LogP contribution is 2.45. The average Bonchev–Trinajstić information content (AvgIpc) is 2.73. The first-order valence-corrected chi connectivity index (χ1v) is 9.88. The zero-order valence-electron chi connectivity index (χ0n) is 15.3. The van der Waals surface area contributed by atoms with Gasteiger partial charge in [0, 0.05) is 13.9 Å². The zero-order valence-corrected chi connectivity index (χ0v) is 15.3. The highest BCUT2D eigenvalue weighted by molar-refractivity contribution is 5.29. The van der Waals surface area contributed by atoms with Crippen LogP contribution in [0.2, 0.25) is 0 Å². The van der Waals surface area contributed by atoms with Gasteiger partial charge in [0.15, 0.2) is 0 Å². The van der Waals surface area contributed by atoms with E-state index in [-0.39, 0.29) is 14.0 Å². The Kier molecular flexibility index (Phi) is 5.12. The van der Waals surface area contributed by atoms with Crippen LogP contribution in [0.5, 0.6) is 0 Å². The van der Waals surface area contributed by atoms with Gasteiger partial charge in [0.25, 0.3) is 0 Å². The molecule has 140 valence electrons. The summed E-state index contributed by atoms with van der Waals surface area (Å²) < 4.78 is 0. The van der Waals surface area contributed by atoms with E-state index in [1.165, 1.54) is 25.9 Å². The maximum atomic E-state index is 12.0. The monoisotopic (exact) mass is 353 g/mol. The van der Waals surface area contributed by atoms with Crippen molar-refractivity contribution in [3.63, 3.8) is 0 Å². The number of piperidine rings is 3. The highest BCUT2D eigenvalue weighted by Gasteiger charge is 2.47. The summed E-state index contributed by atoms with van der Waals surface area (Å²) in [4.78, 5) is 2.51. The molecular weight excluding hydrogens is 322 g/mol. The second-order valence-electron chi connectivity index (χ2n) is 7.96. The normalized spacial score (nSPS) is 27.2. The van der Waals surface area contributed by atoms with Crippen LogP contribution in [0.1, 0.15) is 37.4 Å². The first kappa shape index (κ1) is 17.7. The van der Waals surface area contributed by atoms with Gasteiger partial charge in [-0.3, -0.25) is 0 Å². The SMILES string of the molecule is OCc1ccccc1CCC(O)(c1ccccc1)C1CN2CCC1CC2.[HH]. The van der Waals surface area contributed by atoms with Crippen molar-refractivity contribution in [3.8, 4) is 0 Å². The number of aliphatic hydroxyl groups excluding tert-OH is 1. The molecule has 0 spiro atoms. The Hall–Kier alpha value is -1.68. The molecule has 3 fully saturated rings. The molecule has 3 aliphatic rings. The van der Waals surface area contributed by atoms with E-state index in [1.54, 1.807) is 0 Å². The van der Waals surface area contributed by atoms with Gasteiger partial charge in [0.05, 0.1) is 12.2 Å². The van der Waals surface area contributed by atoms with Gasteiger partial charge in [-0.25, -0.2) is 0 Å². The van der Waals surface area contributed by atoms with Crippen molar-refractivity contribution in [2.24, 2.45) is 11.8 Å². The first-order valence-electron chi connectivity index (χ1n) is 9.88. The van der Waals surface area contributed by atoms with E-state index in [9.17, 15) is 10.2 Å². The minimum absolute atomic E-state index is 0. The molecule has 2 aromatic rings. The molecule has 26 heavy (non-hydrogen) atoms. The zero-order chi connectivity index (χ0) is 18.0. The van der Waals surface area contributed by atoms with E-state index in [1.807, 2.05) is 36.4 Å². The van der Waals surface area contributed by atoms with Crippen LogP contribution in [0.4, 0.5) is 0 Å². The molecule has 2 unspecified atom stereocenters. The number of aliphatic hydroxyl groups is 2. The van der Waals surface area contributed by atoms with Gasteiger partial charge in [0.2, 0.25) is 0 Å². The fourth-order valence-corrected chi connectivity index (χ4v) is 5.06. The topological polar surface area (TPSA) is 43.7 Å². The van der Waals surface area contributed by atoms with E-state index in [0.29, 0.717) is 12.3 Å². The molecule has 3 heteroatoms. The van der Waals surface area contributed by atoms with Gasteiger partial charge < -0.3 is 15.1 Å². The lowest BCUT2D eigenvalue weighted by atomic mass is 9.66. The maximum absolute atomic E-state index is 12.0. The fraction of sp³-hybridized carbons (Fsp3) is 0.478. The molecule has 5 rings (SSSR count). The van der Waals surface area contributed by atoms with Crippen molar-refractivity contribution in [2.45, 2.75) is 37.9 Å². The van der Waals surface area contributed by atoms with E-state index < -0.39 is 5.60 Å². The summed E-state index contributed by atoms with van der Waals surface area (Å²) in [5, 5.41) is 21.6. The van der Waals surface area contributed by atoms with Gasteiger partial charge in [-0.15, -0.1) is 0 Å². The van der Waals surface area contributed by atoms with Gasteiger partial charge in [-0.1, -0.05) is 54.6 Å². The largest absolute Gasteiger partial charge is 0.392 e. The molecule has 3 saturated heterocycles. The second-order valence-corrected chi connectivity index (χ2v) is 7.96. The lowest BCUT2D eigenvalue weighted by molar-refractivity contribution is -0.106. The van der Waals surface area contributed by atoms with Crippen molar-refractivity contribution >= 4 is 0 Å². The molecule has 2 aromatic carbocycles. The summed E-state index contributed by atoms with van der Waals surface area (Å²) in [5.74, 6) is 0.895. The van der Waals surface area contributed by atoms with Crippen LogP contribution in [0.25, 0.3) is 0 Å². The molecule has 3 aliphatic heterocycles. The molecule has 0 amide bonds. The van der Waals surface area contributed by atoms with Crippen LogP contribution in [-0.2, 0) is 18.6 Å².